The Labute approximate surface area is 235 Å². The molecule has 1 atom stereocenters. The molecule has 0 bridgehead atoms. The number of aliphatic hydroxyl groups is 1. The third kappa shape index (κ3) is 10.9. The van der Waals surface area contributed by atoms with Gasteiger partial charge in [-0.2, -0.15) is 0 Å². The van der Waals surface area contributed by atoms with Gasteiger partial charge in [0.05, 0.1) is 7.11 Å². The van der Waals surface area contributed by atoms with E-state index in [-0.39, 0.29) is 37.0 Å². The van der Waals surface area contributed by atoms with Gasteiger partial charge in [-0.15, -0.1) is 24.8 Å². The molecule has 0 fully saturated rings. The smallest absolute Gasteiger partial charge is 0.161 e. The Balaban J connectivity index is 0.00000342. The van der Waals surface area contributed by atoms with E-state index in [1.807, 2.05) is 24.3 Å². The lowest BCUT2D eigenvalue weighted by Gasteiger charge is -2.33. The summed E-state index contributed by atoms with van der Waals surface area (Å²) in [5.74, 6) is 1.67. The molecule has 3 aromatic carbocycles. The average molecular weight is 550 g/mol. The van der Waals surface area contributed by atoms with Crippen LogP contribution < -0.4 is 14.8 Å². The molecule has 0 aliphatic rings. The van der Waals surface area contributed by atoms with Gasteiger partial charge in [0, 0.05) is 24.5 Å². The number of benzene rings is 3. The molecular formula is C30H42Cl2N2O3. The first-order chi connectivity index (χ1) is 16.9. The number of likely N-dealkylation sites (N-methyl/N-ethyl adjacent to an activating group) is 1. The molecule has 3 rings (SSSR count). The molecule has 2 N–H and O–H groups in total. The predicted octanol–water partition coefficient (Wildman–Crippen LogP) is 5.80. The topological polar surface area (TPSA) is 54.0 Å². The van der Waals surface area contributed by atoms with Crippen LogP contribution in [-0.2, 0) is 0 Å². The van der Waals surface area contributed by atoms with Crippen molar-refractivity contribution in [2.75, 3.05) is 40.4 Å². The van der Waals surface area contributed by atoms with Crippen molar-refractivity contribution in [2.24, 2.45) is 0 Å². The molecule has 7 heteroatoms. The minimum absolute atomic E-state index is 0. The molecule has 0 aliphatic heterocycles. The van der Waals surface area contributed by atoms with E-state index in [1.165, 1.54) is 11.1 Å². The monoisotopic (exact) mass is 548 g/mol. The van der Waals surface area contributed by atoms with Crippen LogP contribution in [0.2, 0.25) is 0 Å². The van der Waals surface area contributed by atoms with Crippen molar-refractivity contribution in [1.29, 1.82) is 0 Å². The highest BCUT2D eigenvalue weighted by molar-refractivity contribution is 5.85. The molecule has 0 aliphatic carbocycles. The van der Waals surface area contributed by atoms with Gasteiger partial charge in [0.2, 0.25) is 0 Å². The Morgan fingerprint density at radius 2 is 1.35 bits per heavy atom. The van der Waals surface area contributed by atoms with E-state index >= 15 is 0 Å². The number of para-hydroxylation sites is 2. The van der Waals surface area contributed by atoms with Crippen molar-refractivity contribution in [3.05, 3.63) is 96.1 Å². The van der Waals surface area contributed by atoms with Gasteiger partial charge < -0.3 is 24.8 Å². The van der Waals surface area contributed by atoms with Crippen molar-refractivity contribution in [3.63, 3.8) is 0 Å². The molecule has 0 heterocycles. The van der Waals surface area contributed by atoms with E-state index in [4.69, 9.17) is 9.47 Å². The maximum atomic E-state index is 10.5. The normalized spacial score (nSPS) is 12.0. The third-order valence-corrected chi connectivity index (χ3v) is 6.19. The minimum Gasteiger partial charge on any atom is -0.493 e. The molecule has 0 amide bonds. The lowest BCUT2D eigenvalue weighted by atomic mass is 9.88. The Bertz CT molecular complexity index is 966. The highest BCUT2D eigenvalue weighted by atomic mass is 35.5. The molecule has 0 saturated carbocycles. The summed E-state index contributed by atoms with van der Waals surface area (Å²) in [7, 11) is 3.78. The maximum absolute atomic E-state index is 10.5. The Morgan fingerprint density at radius 1 is 0.838 bits per heavy atom. The van der Waals surface area contributed by atoms with Gasteiger partial charge in [-0.1, -0.05) is 72.8 Å². The van der Waals surface area contributed by atoms with Crippen LogP contribution in [0.5, 0.6) is 11.5 Å². The zero-order chi connectivity index (χ0) is 25.1. The summed E-state index contributed by atoms with van der Waals surface area (Å²) in [6.07, 6.45) is 0.417. The molecule has 5 nitrogen and oxygen atoms in total. The first kappa shape index (κ1) is 32.7. The number of ether oxygens (including phenoxy) is 2. The molecule has 37 heavy (non-hydrogen) atoms. The molecule has 1 unspecified atom stereocenters. The maximum Gasteiger partial charge on any atom is 0.161 e. The van der Waals surface area contributed by atoms with Crippen LogP contribution in [0.4, 0.5) is 0 Å². The highest BCUT2D eigenvalue weighted by Crippen LogP contribution is 2.28. The van der Waals surface area contributed by atoms with Crippen LogP contribution in [0.25, 0.3) is 0 Å². The summed E-state index contributed by atoms with van der Waals surface area (Å²) >= 11 is 0. The summed E-state index contributed by atoms with van der Waals surface area (Å²) in [5, 5.41) is 14.0. The third-order valence-electron chi connectivity index (χ3n) is 6.19. The molecule has 3 aromatic rings. The number of β-amino-alcohol motifs (C(OH)–C–C–N with tert-alkyl or cyclic N) is 1. The summed E-state index contributed by atoms with van der Waals surface area (Å²) in [4.78, 5) is 2.36. The van der Waals surface area contributed by atoms with Gasteiger partial charge >= 0.3 is 0 Å². The van der Waals surface area contributed by atoms with E-state index in [9.17, 15) is 5.11 Å². The van der Waals surface area contributed by atoms with Gasteiger partial charge in [0.15, 0.2) is 11.5 Å². The molecule has 0 aromatic heterocycles. The minimum atomic E-state index is -0.620. The molecule has 204 valence electrons. The fourth-order valence-corrected chi connectivity index (χ4v) is 4.43. The number of hydrogen-bond acceptors (Lipinski definition) is 5. The van der Waals surface area contributed by atoms with Crippen molar-refractivity contribution < 1.29 is 14.6 Å². The Morgan fingerprint density at radius 3 is 1.89 bits per heavy atom. The van der Waals surface area contributed by atoms with Gasteiger partial charge in [-0.25, -0.2) is 0 Å². The lowest BCUT2D eigenvalue weighted by molar-refractivity contribution is 0.0936. The van der Waals surface area contributed by atoms with E-state index in [0.29, 0.717) is 24.0 Å². The first-order valence-corrected chi connectivity index (χ1v) is 12.4. The molecule has 0 radical (unpaired) electrons. The van der Waals surface area contributed by atoms with Crippen LogP contribution in [0.1, 0.15) is 37.3 Å². The number of aliphatic hydroxyl groups excluding tert-OH is 1. The van der Waals surface area contributed by atoms with Crippen LogP contribution in [0.3, 0.4) is 0 Å². The number of hydrogen-bond donors (Lipinski definition) is 2. The van der Waals surface area contributed by atoms with Crippen molar-refractivity contribution in [2.45, 2.75) is 37.8 Å². The van der Waals surface area contributed by atoms with Crippen LogP contribution >= 0.6 is 24.8 Å². The number of halogens is 2. The van der Waals surface area contributed by atoms with Crippen molar-refractivity contribution in [3.8, 4) is 11.5 Å². The van der Waals surface area contributed by atoms with Gasteiger partial charge in [-0.05, 0) is 57.1 Å². The lowest BCUT2D eigenvalue weighted by Crippen LogP contribution is -2.51. The molecular weight excluding hydrogens is 507 g/mol. The summed E-state index contributed by atoms with van der Waals surface area (Å²) in [6, 6.07) is 29.0. The fourth-order valence-electron chi connectivity index (χ4n) is 4.43. The second-order valence-electron chi connectivity index (χ2n) is 9.78. The van der Waals surface area contributed by atoms with Crippen LogP contribution in [-0.4, -0.2) is 62.0 Å². The number of methoxy groups -OCH3 is 1. The van der Waals surface area contributed by atoms with Crippen LogP contribution in [0, 0.1) is 0 Å². The summed E-state index contributed by atoms with van der Waals surface area (Å²) in [5.41, 5.74) is 2.54. The quantitative estimate of drug-likeness (QED) is 0.266. The Hall–Kier alpha value is -2.28. The first-order valence-electron chi connectivity index (χ1n) is 12.4. The van der Waals surface area contributed by atoms with E-state index in [1.54, 1.807) is 7.11 Å². The molecule has 0 saturated heterocycles. The van der Waals surface area contributed by atoms with Crippen molar-refractivity contribution in [1.82, 2.24) is 10.2 Å². The van der Waals surface area contributed by atoms with Crippen molar-refractivity contribution >= 4 is 24.8 Å². The second kappa shape index (κ2) is 16.5. The van der Waals surface area contributed by atoms with E-state index in [2.05, 4.69) is 91.8 Å². The van der Waals surface area contributed by atoms with E-state index in [0.717, 1.165) is 19.5 Å². The largest absolute Gasteiger partial charge is 0.493 e. The number of nitrogens with one attached hydrogen (secondary N) is 1. The predicted molar refractivity (Wildman–Crippen MR) is 158 cm³/mol. The number of rotatable bonds is 14. The van der Waals surface area contributed by atoms with Gasteiger partial charge in [-0.3, -0.25) is 0 Å². The fraction of sp³-hybridized carbons (Fsp3) is 0.400. The Kier molecular flexibility index (Phi) is 14.6. The average Bonchev–Trinajstić information content (AvgIpc) is 2.87. The zero-order valence-electron chi connectivity index (χ0n) is 22.3. The second-order valence-corrected chi connectivity index (χ2v) is 9.78. The summed E-state index contributed by atoms with van der Waals surface area (Å²) in [6.45, 7) is 6.83. The van der Waals surface area contributed by atoms with E-state index < -0.39 is 6.10 Å². The zero-order valence-corrected chi connectivity index (χ0v) is 23.9. The van der Waals surface area contributed by atoms with Gasteiger partial charge in [0.25, 0.3) is 0 Å². The summed E-state index contributed by atoms with van der Waals surface area (Å²) < 4.78 is 11.1. The van der Waals surface area contributed by atoms with Crippen LogP contribution in [0.15, 0.2) is 84.9 Å². The highest BCUT2D eigenvalue weighted by Gasteiger charge is 2.22. The van der Waals surface area contributed by atoms with Gasteiger partial charge in [0.1, 0.15) is 12.7 Å². The number of nitrogens with zero attached hydrogens (tertiary/aromatic N) is 1. The standard InChI is InChI=1S/C30H40N2O3.2ClH/c1-30(2,31-21-26(33)22-35-29-18-12-11-17-28(29)34-4)23-32(3)20-19-27(24-13-7-5-8-14-24)25-15-9-6-10-16-25;;/h5-18,26-27,31,33H,19-23H2,1-4H3;2*1H. The SMILES string of the molecule is COc1ccccc1OCC(O)CNC(C)(C)CN(C)CCC(c1ccccc1)c1ccccc1.Cl.Cl. The molecule has 0 spiro atoms.